The quantitative estimate of drug-likeness (QED) is 0.607. The summed E-state index contributed by atoms with van der Waals surface area (Å²) in [5.74, 6) is -0.138. The molecule has 0 atom stereocenters. The maximum Gasteiger partial charge on any atom is 0.335 e. The summed E-state index contributed by atoms with van der Waals surface area (Å²) in [5, 5.41) is 0. The zero-order chi connectivity index (χ0) is 17.9. The molecule has 2 aromatic rings. The van der Waals surface area contributed by atoms with Gasteiger partial charge in [-0.3, -0.25) is 4.79 Å². The van der Waals surface area contributed by atoms with Crippen molar-refractivity contribution in [3.05, 3.63) is 70.1 Å². The molecule has 130 valence electrons. The van der Waals surface area contributed by atoms with Gasteiger partial charge in [0.1, 0.15) is 5.75 Å². The molecule has 25 heavy (non-hydrogen) atoms. The van der Waals surface area contributed by atoms with Crippen molar-refractivity contribution in [2.45, 2.75) is 19.3 Å². The van der Waals surface area contributed by atoms with E-state index in [1.54, 1.807) is 18.2 Å². The van der Waals surface area contributed by atoms with Crippen LogP contribution < -0.4 is 4.18 Å². The van der Waals surface area contributed by atoms with Gasteiger partial charge < -0.3 is 8.92 Å². The minimum absolute atomic E-state index is 0.130. The molecule has 0 amide bonds. The third-order valence-corrected chi connectivity index (χ3v) is 5.41. The van der Waals surface area contributed by atoms with Crippen LogP contribution in [0.2, 0.25) is 0 Å². The monoisotopic (exact) mass is 358 g/mol. The van der Waals surface area contributed by atoms with Crippen LogP contribution in [-0.4, -0.2) is 21.5 Å². The van der Waals surface area contributed by atoms with Crippen molar-refractivity contribution in [2.24, 2.45) is 0 Å². The lowest BCUT2D eigenvalue weighted by Crippen LogP contribution is -2.15. The van der Waals surface area contributed by atoms with Crippen molar-refractivity contribution in [1.82, 2.24) is 0 Å². The highest BCUT2D eigenvalue weighted by atomic mass is 32.2. The second kappa shape index (κ2) is 7.11. The predicted molar refractivity (Wildman–Crippen MR) is 94.4 cm³/mol. The van der Waals surface area contributed by atoms with E-state index in [4.69, 9.17) is 4.18 Å². The lowest BCUT2D eigenvalue weighted by atomic mass is 9.98. The lowest BCUT2D eigenvalue weighted by Gasteiger charge is -2.16. The number of esters is 1. The number of aryl methyl sites for hydroxylation is 1. The number of benzene rings is 2. The number of carbonyl (C=O) groups excluding carboxylic acids is 1. The van der Waals surface area contributed by atoms with Crippen LogP contribution in [0, 0.1) is 0 Å². The minimum atomic E-state index is -3.85. The van der Waals surface area contributed by atoms with E-state index in [2.05, 4.69) is 4.74 Å². The van der Waals surface area contributed by atoms with Crippen LogP contribution in [0.4, 0.5) is 0 Å². The van der Waals surface area contributed by atoms with Crippen molar-refractivity contribution in [3.8, 4) is 5.75 Å². The molecule has 1 aliphatic rings. The number of ether oxygens (including phenoxy) is 1. The van der Waals surface area contributed by atoms with Gasteiger partial charge in [0, 0.05) is 0 Å². The average Bonchev–Trinajstić information content (AvgIpc) is 2.62. The van der Waals surface area contributed by atoms with Gasteiger partial charge in [-0.1, -0.05) is 36.4 Å². The molecular formula is C19H18O5S. The summed E-state index contributed by atoms with van der Waals surface area (Å²) in [6.45, 7) is 0. The number of fused-ring (bicyclic) bond motifs is 1. The Morgan fingerprint density at radius 3 is 2.48 bits per heavy atom. The summed E-state index contributed by atoms with van der Waals surface area (Å²) in [5.41, 5.74) is 2.76. The van der Waals surface area contributed by atoms with Gasteiger partial charge in [0.25, 0.3) is 0 Å². The summed E-state index contributed by atoms with van der Waals surface area (Å²) in [6.07, 6.45) is 2.88. The molecule has 2 aromatic carbocycles. The van der Waals surface area contributed by atoms with E-state index in [9.17, 15) is 13.2 Å². The first-order valence-electron chi connectivity index (χ1n) is 7.87. The normalized spacial score (nSPS) is 13.6. The van der Waals surface area contributed by atoms with Crippen LogP contribution in [0.5, 0.6) is 5.75 Å². The Hall–Kier alpha value is -2.60. The number of carbonyl (C=O) groups is 1. The molecule has 0 saturated carbocycles. The molecule has 0 heterocycles. The van der Waals surface area contributed by atoms with Gasteiger partial charge in [0.15, 0.2) is 0 Å². The van der Waals surface area contributed by atoms with Gasteiger partial charge in [-0.15, -0.1) is 0 Å². The largest absolute Gasteiger partial charge is 0.469 e. The summed E-state index contributed by atoms with van der Waals surface area (Å²) < 4.78 is 34.8. The first kappa shape index (κ1) is 17.2. The highest BCUT2D eigenvalue weighted by Crippen LogP contribution is 2.28. The van der Waals surface area contributed by atoms with Crippen LogP contribution in [0.1, 0.15) is 23.1 Å². The molecule has 0 bridgehead atoms. The number of hydrogen-bond donors (Lipinski definition) is 0. The van der Waals surface area contributed by atoms with Gasteiger partial charge >= 0.3 is 16.1 Å². The van der Waals surface area contributed by atoms with E-state index >= 15 is 0 Å². The smallest absolute Gasteiger partial charge is 0.335 e. The molecule has 0 saturated heterocycles. The van der Waals surface area contributed by atoms with Crippen molar-refractivity contribution in [1.29, 1.82) is 0 Å². The topological polar surface area (TPSA) is 69.7 Å². The van der Waals surface area contributed by atoms with E-state index in [1.807, 2.05) is 24.3 Å². The van der Waals surface area contributed by atoms with Crippen molar-refractivity contribution >= 4 is 22.2 Å². The van der Waals surface area contributed by atoms with Crippen LogP contribution in [0.25, 0.3) is 6.08 Å². The molecule has 1 aliphatic carbocycles. The van der Waals surface area contributed by atoms with E-state index < -0.39 is 10.1 Å². The SMILES string of the molecule is COC(=O)Cc1ccc(OS(=O)(=O)C2=Cc3ccccc3CC2)cc1. The van der Waals surface area contributed by atoms with Crippen LogP contribution >= 0.6 is 0 Å². The third kappa shape index (κ3) is 4.09. The maximum absolute atomic E-state index is 12.5. The average molecular weight is 358 g/mol. The molecule has 3 rings (SSSR count). The molecular weight excluding hydrogens is 340 g/mol. The van der Waals surface area contributed by atoms with Crippen molar-refractivity contribution in [2.75, 3.05) is 7.11 Å². The standard InChI is InChI=1S/C19H18O5S/c1-23-19(20)12-14-6-9-17(10-7-14)24-25(21,22)18-11-8-15-4-2-3-5-16(15)13-18/h2-7,9-10,13H,8,11-12H2,1H3. The number of methoxy groups -OCH3 is 1. The minimum Gasteiger partial charge on any atom is -0.469 e. The Morgan fingerprint density at radius 2 is 1.76 bits per heavy atom. The van der Waals surface area contributed by atoms with E-state index in [-0.39, 0.29) is 23.0 Å². The fourth-order valence-electron chi connectivity index (χ4n) is 2.69. The van der Waals surface area contributed by atoms with E-state index in [1.165, 1.54) is 19.2 Å². The highest BCUT2D eigenvalue weighted by Gasteiger charge is 2.23. The molecule has 6 heteroatoms. The summed E-state index contributed by atoms with van der Waals surface area (Å²) in [7, 11) is -2.53. The predicted octanol–water partition coefficient (Wildman–Crippen LogP) is 3.10. The molecule has 0 aromatic heterocycles. The van der Waals surface area contributed by atoms with Crippen LogP contribution in [0.15, 0.2) is 53.4 Å². The summed E-state index contributed by atoms with van der Waals surface area (Å²) >= 11 is 0. The van der Waals surface area contributed by atoms with Crippen molar-refractivity contribution < 1.29 is 22.1 Å². The first-order chi connectivity index (χ1) is 12.0. The number of rotatable bonds is 5. The van der Waals surface area contributed by atoms with E-state index in [0.29, 0.717) is 12.8 Å². The van der Waals surface area contributed by atoms with Crippen LogP contribution in [0.3, 0.4) is 0 Å². The fraction of sp³-hybridized carbons (Fsp3) is 0.211. The van der Waals surface area contributed by atoms with Gasteiger partial charge in [-0.05, 0) is 47.7 Å². The summed E-state index contributed by atoms with van der Waals surface area (Å²) in [4.78, 5) is 11.5. The number of hydrogen-bond acceptors (Lipinski definition) is 5. The second-order valence-corrected chi connectivity index (χ2v) is 7.34. The fourth-order valence-corrected chi connectivity index (χ4v) is 3.78. The molecule has 0 radical (unpaired) electrons. The molecule has 0 spiro atoms. The first-order valence-corrected chi connectivity index (χ1v) is 9.27. The maximum atomic E-state index is 12.5. The van der Waals surface area contributed by atoms with Gasteiger partial charge in [0.05, 0.1) is 18.4 Å². The molecule has 0 fully saturated rings. The Balaban J connectivity index is 1.76. The zero-order valence-corrected chi connectivity index (χ0v) is 14.6. The van der Waals surface area contributed by atoms with Crippen LogP contribution in [-0.2, 0) is 32.5 Å². The summed E-state index contributed by atoms with van der Waals surface area (Å²) in [6, 6.07) is 14.1. The molecule has 5 nitrogen and oxygen atoms in total. The second-order valence-electron chi connectivity index (χ2n) is 5.74. The van der Waals surface area contributed by atoms with Gasteiger partial charge in [-0.25, -0.2) is 0 Å². The van der Waals surface area contributed by atoms with Gasteiger partial charge in [0.2, 0.25) is 0 Å². The Morgan fingerprint density at radius 1 is 1.04 bits per heavy atom. The molecule has 0 unspecified atom stereocenters. The molecule has 0 aliphatic heterocycles. The Kier molecular flexibility index (Phi) is 4.90. The Labute approximate surface area is 147 Å². The zero-order valence-electron chi connectivity index (χ0n) is 13.8. The highest BCUT2D eigenvalue weighted by molar-refractivity contribution is 7.91. The van der Waals surface area contributed by atoms with Crippen molar-refractivity contribution in [3.63, 3.8) is 0 Å². The number of allylic oxidation sites excluding steroid dienone is 1. The molecule has 0 N–H and O–H groups in total. The van der Waals surface area contributed by atoms with E-state index in [0.717, 1.165) is 16.7 Å². The Bertz CT molecular complexity index is 911. The van der Waals surface area contributed by atoms with Gasteiger partial charge in [-0.2, -0.15) is 8.42 Å². The lowest BCUT2D eigenvalue weighted by molar-refractivity contribution is -0.139. The third-order valence-electron chi connectivity index (χ3n) is 4.04.